The first-order valence-electron chi connectivity index (χ1n) is 9.72. The van der Waals surface area contributed by atoms with Crippen LogP contribution in [-0.4, -0.2) is 59.2 Å². The van der Waals surface area contributed by atoms with Crippen LogP contribution in [-0.2, 0) is 19.6 Å². The van der Waals surface area contributed by atoms with Crippen molar-refractivity contribution in [2.75, 3.05) is 45.8 Å². The number of ether oxygens (including phenoxy) is 3. The highest BCUT2D eigenvalue weighted by molar-refractivity contribution is 7.89. The first-order valence-corrected chi connectivity index (χ1v) is 11.2. The third-order valence-corrected chi connectivity index (χ3v) is 6.76. The molecule has 0 aromatic heterocycles. The number of carbonyl (C=O) groups excluding carboxylic acids is 1. The van der Waals surface area contributed by atoms with Gasteiger partial charge in [0.2, 0.25) is 10.0 Å². The molecular formula is C22H23N3O6S. The molecule has 1 heterocycles. The van der Waals surface area contributed by atoms with Gasteiger partial charge in [0.05, 0.1) is 33.1 Å². The summed E-state index contributed by atoms with van der Waals surface area (Å²) in [6.45, 7) is 0.976. The molecule has 1 saturated heterocycles. The van der Waals surface area contributed by atoms with Gasteiger partial charge >= 0.3 is 0 Å². The van der Waals surface area contributed by atoms with Crippen LogP contribution in [0.2, 0.25) is 0 Å². The van der Waals surface area contributed by atoms with Crippen molar-refractivity contribution in [3.05, 3.63) is 53.6 Å². The number of methoxy groups -OCH3 is 2. The molecule has 1 fully saturated rings. The molecule has 2 aromatic rings. The van der Waals surface area contributed by atoms with E-state index in [-0.39, 0.29) is 42.5 Å². The minimum Gasteiger partial charge on any atom is -0.497 e. The highest BCUT2D eigenvalue weighted by Gasteiger charge is 2.30. The molecule has 0 atom stereocenters. The molecule has 1 aliphatic rings. The lowest BCUT2D eigenvalue weighted by Gasteiger charge is -2.27. The van der Waals surface area contributed by atoms with E-state index in [0.717, 1.165) is 0 Å². The molecule has 1 amide bonds. The smallest absolute Gasteiger partial charge is 0.266 e. The van der Waals surface area contributed by atoms with E-state index >= 15 is 0 Å². The number of nitrogens with one attached hydrogen (secondary N) is 1. The Morgan fingerprint density at radius 3 is 2.31 bits per heavy atom. The molecular weight excluding hydrogens is 434 g/mol. The monoisotopic (exact) mass is 457 g/mol. The first-order chi connectivity index (χ1) is 15.4. The molecule has 168 valence electrons. The minimum atomic E-state index is -3.93. The minimum absolute atomic E-state index is 0.0539. The van der Waals surface area contributed by atoms with Crippen LogP contribution in [0, 0.1) is 11.3 Å². The van der Waals surface area contributed by atoms with Crippen LogP contribution in [0.5, 0.6) is 11.5 Å². The van der Waals surface area contributed by atoms with E-state index in [1.54, 1.807) is 24.3 Å². The van der Waals surface area contributed by atoms with E-state index in [9.17, 15) is 18.5 Å². The lowest BCUT2D eigenvalue weighted by atomic mass is 10.1. The Morgan fingerprint density at radius 2 is 1.72 bits per heavy atom. The summed E-state index contributed by atoms with van der Waals surface area (Å²) in [4.78, 5) is 12.7. The summed E-state index contributed by atoms with van der Waals surface area (Å²) in [5.74, 6) is 0.234. The molecule has 2 aromatic carbocycles. The number of rotatable bonds is 7. The van der Waals surface area contributed by atoms with Crippen molar-refractivity contribution in [3.63, 3.8) is 0 Å². The van der Waals surface area contributed by atoms with Crippen LogP contribution in [0.3, 0.4) is 0 Å². The topological polar surface area (TPSA) is 118 Å². The maximum atomic E-state index is 13.2. The van der Waals surface area contributed by atoms with Gasteiger partial charge < -0.3 is 19.5 Å². The van der Waals surface area contributed by atoms with Crippen molar-refractivity contribution in [1.82, 2.24) is 4.31 Å². The number of carbonyl (C=O) groups is 1. The number of sulfonamides is 1. The average molecular weight is 458 g/mol. The van der Waals surface area contributed by atoms with Gasteiger partial charge in [0, 0.05) is 19.2 Å². The van der Waals surface area contributed by atoms with Crippen LogP contribution >= 0.6 is 0 Å². The molecule has 0 radical (unpaired) electrons. The number of nitrogens with zero attached hydrogens (tertiary/aromatic N) is 2. The number of hydrogen-bond donors (Lipinski definition) is 1. The van der Waals surface area contributed by atoms with E-state index in [1.165, 1.54) is 42.8 Å². The zero-order chi connectivity index (χ0) is 23.1. The fourth-order valence-electron chi connectivity index (χ4n) is 3.08. The Labute approximate surface area is 186 Å². The van der Waals surface area contributed by atoms with Crippen molar-refractivity contribution in [2.24, 2.45) is 0 Å². The van der Waals surface area contributed by atoms with Gasteiger partial charge in [0.25, 0.3) is 5.91 Å². The Balaban J connectivity index is 1.92. The van der Waals surface area contributed by atoms with Crippen molar-refractivity contribution in [3.8, 4) is 17.6 Å². The van der Waals surface area contributed by atoms with E-state index in [2.05, 4.69) is 5.32 Å². The second kappa shape index (κ2) is 10.3. The Kier molecular flexibility index (Phi) is 7.48. The number of hydrogen-bond acceptors (Lipinski definition) is 7. The molecule has 0 aliphatic carbocycles. The SMILES string of the molecule is COc1ccc(/C=C(\C#N)C(=O)Nc2ccc(OC)cc2S(=O)(=O)N2CCOCC2)cc1. The second-order valence-electron chi connectivity index (χ2n) is 6.78. The predicted octanol–water partition coefficient (Wildman–Crippen LogP) is 2.27. The molecule has 9 nitrogen and oxygen atoms in total. The van der Waals surface area contributed by atoms with Gasteiger partial charge in [0.1, 0.15) is 28.0 Å². The van der Waals surface area contributed by atoms with E-state index in [0.29, 0.717) is 17.1 Å². The molecule has 3 rings (SSSR count). The van der Waals surface area contributed by atoms with Crippen molar-refractivity contribution in [2.45, 2.75) is 4.90 Å². The second-order valence-corrected chi connectivity index (χ2v) is 8.68. The molecule has 0 bridgehead atoms. The summed E-state index contributed by atoms with van der Waals surface area (Å²) in [5.41, 5.74) is 0.493. The van der Waals surface area contributed by atoms with Gasteiger partial charge in [-0.05, 0) is 35.9 Å². The number of anilines is 1. The largest absolute Gasteiger partial charge is 0.497 e. The number of nitriles is 1. The molecule has 0 unspecified atom stereocenters. The summed E-state index contributed by atoms with van der Waals surface area (Å²) >= 11 is 0. The molecule has 0 spiro atoms. The third-order valence-electron chi connectivity index (χ3n) is 4.82. The molecule has 1 N–H and O–H groups in total. The van der Waals surface area contributed by atoms with Gasteiger partial charge in [-0.15, -0.1) is 0 Å². The van der Waals surface area contributed by atoms with Gasteiger partial charge in [-0.3, -0.25) is 4.79 Å². The zero-order valence-electron chi connectivity index (χ0n) is 17.7. The highest BCUT2D eigenvalue weighted by atomic mass is 32.2. The third kappa shape index (κ3) is 5.26. The van der Waals surface area contributed by atoms with E-state index < -0.39 is 15.9 Å². The zero-order valence-corrected chi connectivity index (χ0v) is 18.5. The number of amides is 1. The normalized spacial score (nSPS) is 15.0. The van der Waals surface area contributed by atoms with Crippen LogP contribution in [0.25, 0.3) is 6.08 Å². The van der Waals surface area contributed by atoms with Crippen LogP contribution < -0.4 is 14.8 Å². The van der Waals surface area contributed by atoms with Crippen LogP contribution in [0.15, 0.2) is 52.9 Å². The Morgan fingerprint density at radius 1 is 1.09 bits per heavy atom. The highest BCUT2D eigenvalue weighted by Crippen LogP contribution is 2.30. The predicted molar refractivity (Wildman–Crippen MR) is 118 cm³/mol. The number of benzene rings is 2. The van der Waals surface area contributed by atoms with Crippen molar-refractivity contribution < 1.29 is 27.4 Å². The average Bonchev–Trinajstić information content (AvgIpc) is 2.83. The van der Waals surface area contributed by atoms with Crippen molar-refractivity contribution in [1.29, 1.82) is 5.26 Å². The molecule has 10 heteroatoms. The summed E-state index contributed by atoms with van der Waals surface area (Å²) in [6.07, 6.45) is 1.41. The molecule has 1 aliphatic heterocycles. The summed E-state index contributed by atoms with van der Waals surface area (Å²) in [5, 5.41) is 12.0. The quantitative estimate of drug-likeness (QED) is 0.500. The maximum absolute atomic E-state index is 13.2. The number of morpholine rings is 1. The van der Waals surface area contributed by atoms with Gasteiger partial charge in [-0.25, -0.2) is 8.42 Å². The van der Waals surface area contributed by atoms with Gasteiger partial charge in [-0.2, -0.15) is 9.57 Å². The molecule has 0 saturated carbocycles. The summed E-state index contributed by atoms with van der Waals surface area (Å²) in [6, 6.07) is 13.0. The summed E-state index contributed by atoms with van der Waals surface area (Å²) in [7, 11) is -0.969. The van der Waals surface area contributed by atoms with Crippen LogP contribution in [0.1, 0.15) is 5.56 Å². The summed E-state index contributed by atoms with van der Waals surface area (Å²) < 4.78 is 43.2. The van der Waals surface area contributed by atoms with Crippen molar-refractivity contribution >= 4 is 27.7 Å². The Bertz CT molecular complexity index is 1150. The van der Waals surface area contributed by atoms with E-state index in [1.807, 2.05) is 6.07 Å². The Hall–Kier alpha value is -3.39. The fraction of sp³-hybridized carbons (Fsp3) is 0.273. The first kappa shape index (κ1) is 23.3. The maximum Gasteiger partial charge on any atom is 0.266 e. The standard InChI is InChI=1S/C22H23N3O6S/c1-29-18-5-3-16(4-6-18)13-17(15-23)22(26)24-20-8-7-19(30-2)14-21(20)32(27,28)25-9-11-31-12-10-25/h3-8,13-14H,9-12H2,1-2H3,(H,24,26)/b17-13+. The van der Waals surface area contributed by atoms with Gasteiger partial charge in [0.15, 0.2) is 0 Å². The van der Waals surface area contributed by atoms with Crippen LogP contribution in [0.4, 0.5) is 5.69 Å². The molecule has 32 heavy (non-hydrogen) atoms. The lowest BCUT2D eigenvalue weighted by Crippen LogP contribution is -2.40. The van der Waals surface area contributed by atoms with Gasteiger partial charge in [-0.1, -0.05) is 12.1 Å². The van der Waals surface area contributed by atoms with E-state index in [4.69, 9.17) is 14.2 Å². The fourth-order valence-corrected chi connectivity index (χ4v) is 4.65. The lowest BCUT2D eigenvalue weighted by molar-refractivity contribution is -0.112.